The number of nitrogens with one attached hydrogen (secondary N) is 2. The molecule has 2 aromatic rings. The lowest BCUT2D eigenvalue weighted by Crippen LogP contribution is -2.36. The predicted molar refractivity (Wildman–Crippen MR) is 88.4 cm³/mol. The van der Waals surface area contributed by atoms with Crippen LogP contribution in [0.15, 0.2) is 54.6 Å². The third-order valence-electron chi connectivity index (χ3n) is 3.12. The van der Waals surface area contributed by atoms with Crippen LogP contribution in [-0.2, 0) is 4.79 Å². The molecule has 0 aliphatic carbocycles. The van der Waals surface area contributed by atoms with Crippen LogP contribution in [0.25, 0.3) is 0 Å². The van der Waals surface area contributed by atoms with E-state index >= 15 is 0 Å². The number of ether oxygens (including phenoxy) is 1. The Hall–Kier alpha value is -3.33. The zero-order chi connectivity index (χ0) is 17.2. The maximum Gasteiger partial charge on any atom is 0.258 e. The van der Waals surface area contributed by atoms with Crippen molar-refractivity contribution >= 4 is 11.8 Å². The lowest BCUT2D eigenvalue weighted by Gasteiger charge is -2.08. The van der Waals surface area contributed by atoms with Crippen molar-refractivity contribution in [1.29, 1.82) is 5.26 Å². The van der Waals surface area contributed by atoms with Crippen LogP contribution in [0.5, 0.6) is 5.75 Å². The van der Waals surface area contributed by atoms with Gasteiger partial charge in [0.2, 0.25) is 0 Å². The largest absolute Gasteiger partial charge is 0.484 e. The number of amides is 2. The summed E-state index contributed by atoms with van der Waals surface area (Å²) in [6.45, 7) is 0.517. The molecule has 24 heavy (non-hydrogen) atoms. The van der Waals surface area contributed by atoms with Gasteiger partial charge in [-0.3, -0.25) is 9.59 Å². The van der Waals surface area contributed by atoms with Crippen molar-refractivity contribution in [1.82, 2.24) is 10.6 Å². The molecule has 0 aliphatic rings. The Bertz CT molecular complexity index is 721. The molecule has 0 saturated carbocycles. The number of carbonyl (C=O) groups excluding carboxylic acids is 2. The standard InChI is InChI=1S/C18H17N3O3/c19-12-14-6-8-16(9-7-14)24-13-17(22)20-10-11-21-18(23)15-4-2-1-3-5-15/h1-9H,10-11,13H2,(H,20,22)(H,21,23). The van der Waals surface area contributed by atoms with E-state index in [4.69, 9.17) is 10.00 Å². The molecule has 122 valence electrons. The number of carbonyl (C=O) groups is 2. The minimum Gasteiger partial charge on any atom is -0.484 e. The molecule has 2 N–H and O–H groups in total. The minimum absolute atomic E-state index is 0.126. The van der Waals surface area contributed by atoms with E-state index in [0.29, 0.717) is 30.0 Å². The monoisotopic (exact) mass is 323 g/mol. The highest BCUT2D eigenvalue weighted by Gasteiger charge is 2.05. The molecule has 6 nitrogen and oxygen atoms in total. The molecule has 0 heterocycles. The lowest BCUT2D eigenvalue weighted by molar-refractivity contribution is -0.123. The Kier molecular flexibility index (Phi) is 6.35. The van der Waals surface area contributed by atoms with E-state index in [0.717, 1.165) is 0 Å². The van der Waals surface area contributed by atoms with Gasteiger partial charge in [0.1, 0.15) is 5.75 Å². The van der Waals surface area contributed by atoms with Crippen LogP contribution in [0.4, 0.5) is 0 Å². The van der Waals surface area contributed by atoms with Crippen molar-refractivity contribution in [3.8, 4) is 11.8 Å². The first kappa shape index (κ1) is 17.0. The van der Waals surface area contributed by atoms with Gasteiger partial charge in [-0.2, -0.15) is 5.26 Å². The fraction of sp³-hybridized carbons (Fsp3) is 0.167. The SMILES string of the molecule is N#Cc1ccc(OCC(=O)NCCNC(=O)c2ccccc2)cc1. The zero-order valence-corrected chi connectivity index (χ0v) is 13.0. The van der Waals surface area contributed by atoms with Crippen LogP contribution in [-0.4, -0.2) is 31.5 Å². The topological polar surface area (TPSA) is 91.2 Å². The van der Waals surface area contributed by atoms with Crippen LogP contribution >= 0.6 is 0 Å². The Labute approximate surface area is 140 Å². The summed E-state index contributed by atoms with van der Waals surface area (Å²) in [5, 5.41) is 14.1. The van der Waals surface area contributed by atoms with Crippen molar-refractivity contribution in [2.45, 2.75) is 0 Å². The van der Waals surface area contributed by atoms with Crippen molar-refractivity contribution in [2.75, 3.05) is 19.7 Å². The maximum absolute atomic E-state index is 11.8. The van der Waals surface area contributed by atoms with Crippen molar-refractivity contribution < 1.29 is 14.3 Å². The van der Waals surface area contributed by atoms with E-state index in [1.165, 1.54) is 0 Å². The summed E-state index contributed by atoms with van der Waals surface area (Å²) in [7, 11) is 0. The first-order valence-corrected chi connectivity index (χ1v) is 7.42. The average Bonchev–Trinajstić information content (AvgIpc) is 2.64. The minimum atomic E-state index is -0.284. The molecule has 0 radical (unpaired) electrons. The molecule has 6 heteroatoms. The molecule has 0 atom stereocenters. The fourth-order valence-electron chi connectivity index (χ4n) is 1.90. The Morgan fingerprint density at radius 1 is 0.958 bits per heavy atom. The summed E-state index contributed by atoms with van der Waals surface area (Å²) in [6.07, 6.45) is 0. The molecular weight excluding hydrogens is 306 g/mol. The Morgan fingerprint density at radius 2 is 1.62 bits per heavy atom. The molecule has 0 bridgehead atoms. The van der Waals surface area contributed by atoms with Gasteiger partial charge in [-0.05, 0) is 36.4 Å². The predicted octanol–water partition coefficient (Wildman–Crippen LogP) is 1.48. The smallest absolute Gasteiger partial charge is 0.258 e. The van der Waals surface area contributed by atoms with Crippen LogP contribution in [0.1, 0.15) is 15.9 Å². The van der Waals surface area contributed by atoms with Gasteiger partial charge in [-0.1, -0.05) is 18.2 Å². The quantitative estimate of drug-likeness (QED) is 0.755. The van der Waals surface area contributed by atoms with E-state index in [1.807, 2.05) is 12.1 Å². The maximum atomic E-state index is 11.8. The van der Waals surface area contributed by atoms with Crippen molar-refractivity contribution in [2.24, 2.45) is 0 Å². The summed E-state index contributed by atoms with van der Waals surface area (Å²) >= 11 is 0. The lowest BCUT2D eigenvalue weighted by atomic mass is 10.2. The third kappa shape index (κ3) is 5.46. The van der Waals surface area contributed by atoms with E-state index in [9.17, 15) is 9.59 Å². The van der Waals surface area contributed by atoms with Crippen molar-refractivity contribution in [3.63, 3.8) is 0 Å². The molecule has 0 saturated heterocycles. The molecular formula is C18H17N3O3. The van der Waals surface area contributed by atoms with Gasteiger partial charge in [0.25, 0.3) is 11.8 Å². The highest BCUT2D eigenvalue weighted by molar-refractivity contribution is 5.94. The Morgan fingerprint density at radius 3 is 2.29 bits per heavy atom. The van der Waals surface area contributed by atoms with E-state index in [2.05, 4.69) is 10.6 Å². The summed E-state index contributed by atoms with van der Waals surface area (Å²) in [4.78, 5) is 23.4. The van der Waals surface area contributed by atoms with Crippen LogP contribution in [0.3, 0.4) is 0 Å². The summed E-state index contributed by atoms with van der Waals surface area (Å²) < 4.78 is 5.31. The highest BCUT2D eigenvalue weighted by atomic mass is 16.5. The van der Waals surface area contributed by atoms with E-state index in [-0.39, 0.29) is 18.4 Å². The van der Waals surface area contributed by atoms with Crippen molar-refractivity contribution in [3.05, 3.63) is 65.7 Å². The van der Waals surface area contributed by atoms with Gasteiger partial charge in [0.05, 0.1) is 11.6 Å². The molecule has 0 aromatic heterocycles. The number of hydrogen-bond acceptors (Lipinski definition) is 4. The number of nitrogens with zero attached hydrogens (tertiary/aromatic N) is 1. The van der Waals surface area contributed by atoms with Gasteiger partial charge < -0.3 is 15.4 Å². The number of nitriles is 1. The number of rotatable bonds is 7. The van der Waals surface area contributed by atoms with Crippen LogP contribution in [0.2, 0.25) is 0 Å². The summed E-state index contributed by atoms with van der Waals surface area (Å²) in [5.74, 6) is 0.0496. The van der Waals surface area contributed by atoms with Crippen LogP contribution in [0, 0.1) is 11.3 Å². The molecule has 0 spiro atoms. The average molecular weight is 323 g/mol. The van der Waals surface area contributed by atoms with Gasteiger partial charge in [-0.15, -0.1) is 0 Å². The second-order valence-corrected chi connectivity index (χ2v) is 4.90. The molecule has 0 fully saturated rings. The third-order valence-corrected chi connectivity index (χ3v) is 3.12. The normalized spacial score (nSPS) is 9.62. The zero-order valence-electron chi connectivity index (χ0n) is 13.0. The number of hydrogen-bond donors (Lipinski definition) is 2. The first-order valence-electron chi connectivity index (χ1n) is 7.42. The van der Waals surface area contributed by atoms with E-state index < -0.39 is 0 Å². The fourth-order valence-corrected chi connectivity index (χ4v) is 1.90. The second kappa shape index (κ2) is 8.96. The molecule has 0 unspecified atom stereocenters. The number of benzene rings is 2. The highest BCUT2D eigenvalue weighted by Crippen LogP contribution is 2.11. The molecule has 2 rings (SSSR count). The summed E-state index contributed by atoms with van der Waals surface area (Å²) in [5.41, 5.74) is 1.11. The molecule has 2 amide bonds. The first-order chi connectivity index (χ1) is 11.7. The van der Waals surface area contributed by atoms with Gasteiger partial charge in [0, 0.05) is 18.7 Å². The van der Waals surface area contributed by atoms with Gasteiger partial charge in [-0.25, -0.2) is 0 Å². The molecule has 0 aliphatic heterocycles. The Balaban J connectivity index is 1.63. The van der Waals surface area contributed by atoms with Gasteiger partial charge in [0.15, 0.2) is 6.61 Å². The summed E-state index contributed by atoms with van der Waals surface area (Å²) in [6, 6.07) is 17.4. The second-order valence-electron chi connectivity index (χ2n) is 4.90. The van der Waals surface area contributed by atoms with E-state index in [1.54, 1.807) is 48.5 Å². The van der Waals surface area contributed by atoms with Crippen LogP contribution < -0.4 is 15.4 Å². The van der Waals surface area contributed by atoms with Gasteiger partial charge >= 0.3 is 0 Å². The molecule has 2 aromatic carbocycles.